The first-order chi connectivity index (χ1) is 17.2. The number of carbonyl (C=O) groups excluding carboxylic acids is 2. The Labute approximate surface area is 211 Å². The van der Waals surface area contributed by atoms with E-state index in [2.05, 4.69) is 39.1 Å². The molecule has 2 atom stereocenters. The van der Waals surface area contributed by atoms with E-state index in [1.165, 1.54) is 0 Å². The normalized spacial score (nSPS) is 19.8. The Kier molecular flexibility index (Phi) is 6.40. The first-order valence-corrected chi connectivity index (χ1v) is 12.8. The van der Waals surface area contributed by atoms with Crippen molar-refractivity contribution in [2.75, 3.05) is 18.4 Å². The van der Waals surface area contributed by atoms with E-state index in [1.54, 1.807) is 11.8 Å². The minimum Gasteiger partial charge on any atom is -0.353 e. The van der Waals surface area contributed by atoms with Gasteiger partial charge in [-0.1, -0.05) is 36.7 Å². The first kappa shape index (κ1) is 24.2. The fraction of sp³-hybridized carbons (Fsp3) is 0.519. The minimum absolute atomic E-state index is 0.0481. The van der Waals surface area contributed by atoms with Gasteiger partial charge in [-0.2, -0.15) is 0 Å². The van der Waals surface area contributed by atoms with Crippen LogP contribution < -0.4 is 5.32 Å². The lowest BCUT2D eigenvalue weighted by molar-refractivity contribution is -0.128. The standard InChI is InChI=1S/C27H34N6O3/c1-15(2)10-19-12-24(36-31-19)26-30-29-25(33(26)20-7-8-20)21-13-32(18(5)34)14-22(21)27(35)28-23-9-6-16(3)11-17(23)4/h6,9,11-12,15,20-22H,7-8,10,13-14H2,1-5H3,(H,28,35)/t21-,22-/m0/s1. The highest BCUT2D eigenvalue weighted by atomic mass is 16.5. The highest BCUT2D eigenvalue weighted by Gasteiger charge is 2.44. The number of benzene rings is 1. The largest absolute Gasteiger partial charge is 0.353 e. The van der Waals surface area contributed by atoms with Crippen LogP contribution in [0.15, 0.2) is 28.8 Å². The summed E-state index contributed by atoms with van der Waals surface area (Å²) in [5.41, 5.74) is 3.82. The van der Waals surface area contributed by atoms with Gasteiger partial charge in [0.05, 0.1) is 17.5 Å². The molecule has 0 unspecified atom stereocenters. The van der Waals surface area contributed by atoms with Crippen molar-refractivity contribution in [3.63, 3.8) is 0 Å². The van der Waals surface area contributed by atoms with Crippen molar-refractivity contribution in [1.29, 1.82) is 0 Å². The molecule has 5 rings (SSSR count). The van der Waals surface area contributed by atoms with Crippen LogP contribution in [0.25, 0.3) is 11.6 Å². The molecular formula is C27H34N6O3. The number of amides is 2. The van der Waals surface area contributed by atoms with Gasteiger partial charge in [0.25, 0.3) is 0 Å². The molecule has 2 fully saturated rings. The van der Waals surface area contributed by atoms with Gasteiger partial charge < -0.3 is 19.3 Å². The number of aryl methyl sites for hydroxylation is 2. The van der Waals surface area contributed by atoms with Crippen molar-refractivity contribution in [1.82, 2.24) is 24.8 Å². The van der Waals surface area contributed by atoms with Crippen LogP contribution in [-0.2, 0) is 16.0 Å². The Bertz CT molecular complexity index is 1290. The Morgan fingerprint density at radius 1 is 1.14 bits per heavy atom. The van der Waals surface area contributed by atoms with Crippen LogP contribution in [0.4, 0.5) is 5.69 Å². The maximum Gasteiger partial charge on any atom is 0.230 e. The maximum atomic E-state index is 13.5. The molecule has 190 valence electrons. The summed E-state index contributed by atoms with van der Waals surface area (Å²) in [7, 11) is 0. The summed E-state index contributed by atoms with van der Waals surface area (Å²) >= 11 is 0. The van der Waals surface area contributed by atoms with E-state index in [-0.39, 0.29) is 23.8 Å². The monoisotopic (exact) mass is 490 g/mol. The first-order valence-electron chi connectivity index (χ1n) is 12.8. The molecule has 1 saturated carbocycles. The summed E-state index contributed by atoms with van der Waals surface area (Å²) < 4.78 is 7.78. The third-order valence-electron chi connectivity index (χ3n) is 7.10. The zero-order valence-electron chi connectivity index (χ0n) is 21.6. The minimum atomic E-state index is -0.435. The Morgan fingerprint density at radius 3 is 2.58 bits per heavy atom. The summed E-state index contributed by atoms with van der Waals surface area (Å²) in [5.74, 6) is 1.58. The van der Waals surface area contributed by atoms with E-state index in [9.17, 15) is 9.59 Å². The highest BCUT2D eigenvalue weighted by Crippen LogP contribution is 2.43. The van der Waals surface area contributed by atoms with Gasteiger partial charge in [0.1, 0.15) is 5.82 Å². The lowest BCUT2D eigenvalue weighted by Gasteiger charge is -2.19. The average Bonchev–Trinajstić information content (AvgIpc) is 3.20. The third kappa shape index (κ3) is 4.79. The molecule has 2 aromatic heterocycles. The van der Waals surface area contributed by atoms with E-state index >= 15 is 0 Å². The second-order valence-corrected chi connectivity index (χ2v) is 10.7. The molecule has 1 aliphatic heterocycles. The van der Waals surface area contributed by atoms with E-state index in [1.807, 2.05) is 38.1 Å². The van der Waals surface area contributed by atoms with Crippen LogP contribution in [0, 0.1) is 25.7 Å². The molecule has 3 aromatic rings. The molecule has 1 aliphatic carbocycles. The summed E-state index contributed by atoms with van der Waals surface area (Å²) in [6.45, 7) is 10.6. The molecule has 0 bridgehead atoms. The van der Waals surface area contributed by atoms with Gasteiger partial charge in [-0.15, -0.1) is 10.2 Å². The van der Waals surface area contributed by atoms with Gasteiger partial charge in [0, 0.05) is 37.8 Å². The number of nitrogens with zero attached hydrogens (tertiary/aromatic N) is 5. The number of likely N-dealkylation sites (tertiary alicyclic amines) is 1. The van der Waals surface area contributed by atoms with Crippen LogP contribution in [0.1, 0.15) is 68.2 Å². The van der Waals surface area contributed by atoms with Crippen LogP contribution in [0.2, 0.25) is 0 Å². The van der Waals surface area contributed by atoms with Gasteiger partial charge in [-0.05, 0) is 50.7 Å². The van der Waals surface area contributed by atoms with Crippen LogP contribution in [0.5, 0.6) is 0 Å². The third-order valence-corrected chi connectivity index (χ3v) is 7.10. The van der Waals surface area contributed by atoms with Gasteiger partial charge in [-0.25, -0.2) is 0 Å². The Hall–Kier alpha value is -3.49. The molecule has 9 heteroatoms. The van der Waals surface area contributed by atoms with E-state index < -0.39 is 5.92 Å². The molecule has 1 N–H and O–H groups in total. The molecule has 2 aliphatic rings. The molecular weight excluding hydrogens is 456 g/mol. The smallest absolute Gasteiger partial charge is 0.230 e. The van der Waals surface area contributed by atoms with Crippen molar-refractivity contribution in [3.8, 4) is 11.6 Å². The molecule has 1 aromatic carbocycles. The molecule has 9 nitrogen and oxygen atoms in total. The molecule has 3 heterocycles. The summed E-state index contributed by atoms with van der Waals surface area (Å²) in [5, 5.41) is 16.4. The Balaban J connectivity index is 1.47. The number of carbonyl (C=O) groups is 2. The van der Waals surface area contributed by atoms with Crippen LogP contribution in [0.3, 0.4) is 0 Å². The number of nitrogens with one attached hydrogen (secondary N) is 1. The number of hydrogen-bond donors (Lipinski definition) is 1. The lowest BCUT2D eigenvalue weighted by Crippen LogP contribution is -2.31. The van der Waals surface area contributed by atoms with Gasteiger partial charge in [0.2, 0.25) is 23.4 Å². The van der Waals surface area contributed by atoms with Crippen molar-refractivity contribution in [2.24, 2.45) is 11.8 Å². The Morgan fingerprint density at radius 2 is 1.92 bits per heavy atom. The van der Waals surface area contributed by atoms with E-state index in [0.29, 0.717) is 30.6 Å². The molecule has 0 spiro atoms. The lowest BCUT2D eigenvalue weighted by atomic mass is 9.93. The van der Waals surface area contributed by atoms with E-state index in [0.717, 1.165) is 47.6 Å². The number of anilines is 1. The van der Waals surface area contributed by atoms with Crippen molar-refractivity contribution < 1.29 is 14.1 Å². The topological polar surface area (TPSA) is 106 Å². The fourth-order valence-electron chi connectivity index (χ4n) is 5.12. The summed E-state index contributed by atoms with van der Waals surface area (Å²) in [4.78, 5) is 27.6. The molecule has 36 heavy (non-hydrogen) atoms. The number of rotatable bonds is 7. The molecule has 1 saturated heterocycles. The molecule has 2 amide bonds. The zero-order valence-corrected chi connectivity index (χ0v) is 21.6. The second kappa shape index (κ2) is 9.52. The van der Waals surface area contributed by atoms with Crippen molar-refractivity contribution in [3.05, 3.63) is 46.9 Å². The fourth-order valence-corrected chi connectivity index (χ4v) is 5.12. The van der Waals surface area contributed by atoms with Gasteiger partial charge in [-0.3, -0.25) is 9.59 Å². The predicted molar refractivity (Wildman–Crippen MR) is 135 cm³/mol. The maximum absolute atomic E-state index is 13.5. The van der Waals surface area contributed by atoms with Gasteiger partial charge >= 0.3 is 0 Å². The summed E-state index contributed by atoms with van der Waals surface area (Å²) in [6, 6.07) is 8.16. The van der Waals surface area contributed by atoms with Crippen LogP contribution >= 0.6 is 0 Å². The summed E-state index contributed by atoms with van der Waals surface area (Å²) in [6.07, 6.45) is 2.87. The quantitative estimate of drug-likeness (QED) is 0.530. The average molecular weight is 491 g/mol. The predicted octanol–water partition coefficient (Wildman–Crippen LogP) is 4.28. The van der Waals surface area contributed by atoms with Crippen molar-refractivity contribution in [2.45, 2.75) is 65.8 Å². The number of aromatic nitrogens is 4. The number of hydrogen-bond acceptors (Lipinski definition) is 6. The van der Waals surface area contributed by atoms with E-state index in [4.69, 9.17) is 4.52 Å². The van der Waals surface area contributed by atoms with Crippen molar-refractivity contribution >= 4 is 17.5 Å². The van der Waals surface area contributed by atoms with Gasteiger partial charge in [0.15, 0.2) is 0 Å². The zero-order chi connectivity index (χ0) is 25.6. The van der Waals surface area contributed by atoms with Crippen LogP contribution in [-0.4, -0.2) is 49.7 Å². The highest BCUT2D eigenvalue weighted by molar-refractivity contribution is 5.94. The second-order valence-electron chi connectivity index (χ2n) is 10.7. The molecule has 0 radical (unpaired) electrons. The SMILES string of the molecule is CC(=O)N1C[C@H](C(=O)Nc2ccc(C)cc2C)[C@@H](c2nnc(-c3cc(CC(C)C)no3)n2C2CC2)C1.